The first-order valence-electron chi connectivity index (χ1n) is 7.58. The summed E-state index contributed by atoms with van der Waals surface area (Å²) in [7, 11) is 3.50. The molecule has 7 heteroatoms. The van der Waals surface area contributed by atoms with Crippen molar-refractivity contribution in [3.8, 4) is 0 Å². The lowest BCUT2D eigenvalue weighted by Crippen LogP contribution is -2.56. The summed E-state index contributed by atoms with van der Waals surface area (Å²) in [6.07, 6.45) is 4.61. The highest BCUT2D eigenvalue weighted by Crippen LogP contribution is 2.31. The van der Waals surface area contributed by atoms with Crippen molar-refractivity contribution in [3.63, 3.8) is 0 Å². The fraction of sp³-hybridized carbons (Fsp3) is 0.667. The van der Waals surface area contributed by atoms with E-state index in [1.165, 1.54) is 0 Å². The maximum Gasteiger partial charge on any atom is 0.250 e. The van der Waals surface area contributed by atoms with Crippen LogP contribution in [0.3, 0.4) is 0 Å². The zero-order chi connectivity index (χ0) is 16.2. The van der Waals surface area contributed by atoms with E-state index in [1.54, 1.807) is 34.8 Å². The number of piperidine rings is 1. The van der Waals surface area contributed by atoms with Crippen LogP contribution in [0.15, 0.2) is 18.5 Å². The Kier molecular flexibility index (Phi) is 5.18. The van der Waals surface area contributed by atoms with Gasteiger partial charge in [0.1, 0.15) is 12.1 Å². The van der Waals surface area contributed by atoms with Gasteiger partial charge in [-0.1, -0.05) is 0 Å². The van der Waals surface area contributed by atoms with Crippen LogP contribution in [0.5, 0.6) is 0 Å². The third kappa shape index (κ3) is 3.14. The van der Waals surface area contributed by atoms with Gasteiger partial charge in [-0.25, -0.2) is 0 Å². The Morgan fingerprint density at radius 2 is 2.00 bits per heavy atom. The molecule has 0 radical (unpaired) electrons. The Morgan fingerprint density at radius 1 is 1.32 bits per heavy atom. The largest absolute Gasteiger partial charge is 0.372 e. The molecule has 0 N–H and O–H groups in total. The molecule has 7 nitrogen and oxygen atoms in total. The molecular weight excluding hydrogens is 284 g/mol. The summed E-state index contributed by atoms with van der Waals surface area (Å²) in [5, 5.41) is 4.28. The minimum atomic E-state index is -0.699. The highest BCUT2D eigenvalue weighted by molar-refractivity contribution is 5.85. The van der Waals surface area contributed by atoms with Crippen LogP contribution < -0.4 is 0 Å². The molecule has 0 atom stereocenters. The number of rotatable bonds is 5. The van der Waals surface area contributed by atoms with Crippen LogP contribution in [-0.4, -0.2) is 71.8 Å². The third-order valence-corrected chi connectivity index (χ3v) is 4.12. The quantitative estimate of drug-likeness (QED) is 0.786. The maximum absolute atomic E-state index is 12.7. The van der Waals surface area contributed by atoms with E-state index in [0.29, 0.717) is 32.5 Å². The molecule has 2 amide bonds. The highest BCUT2D eigenvalue weighted by Gasteiger charge is 2.45. The number of amides is 2. The minimum Gasteiger partial charge on any atom is -0.372 e. The van der Waals surface area contributed by atoms with Gasteiger partial charge in [-0.15, -0.1) is 0 Å². The number of carbonyl (C=O) groups excluding carboxylic acids is 2. The van der Waals surface area contributed by atoms with Crippen molar-refractivity contribution in [1.29, 1.82) is 0 Å². The molecule has 1 aromatic rings. The van der Waals surface area contributed by atoms with Crippen molar-refractivity contribution in [3.05, 3.63) is 18.5 Å². The summed E-state index contributed by atoms with van der Waals surface area (Å²) in [5.41, 5.74) is -0.699. The molecule has 2 heterocycles. The average Bonchev–Trinajstić information content (AvgIpc) is 3.06. The van der Waals surface area contributed by atoms with Gasteiger partial charge in [0.25, 0.3) is 0 Å². The molecule has 2 rings (SSSR count). The molecule has 0 unspecified atom stereocenters. The molecule has 0 spiro atoms. The molecule has 0 aromatic carbocycles. The van der Waals surface area contributed by atoms with Crippen molar-refractivity contribution in [2.45, 2.75) is 25.3 Å². The normalized spacial score (nSPS) is 17.3. The Morgan fingerprint density at radius 3 is 2.50 bits per heavy atom. The van der Waals surface area contributed by atoms with Gasteiger partial charge in [0, 0.05) is 46.2 Å². The lowest BCUT2D eigenvalue weighted by atomic mass is 9.86. The van der Waals surface area contributed by atoms with E-state index < -0.39 is 5.54 Å². The molecule has 0 saturated carbocycles. The number of ether oxygens (including phenoxy) is 1. The highest BCUT2D eigenvalue weighted by atomic mass is 16.5. The zero-order valence-electron chi connectivity index (χ0n) is 13.5. The lowest BCUT2D eigenvalue weighted by molar-refractivity contribution is -0.147. The van der Waals surface area contributed by atoms with E-state index >= 15 is 0 Å². The van der Waals surface area contributed by atoms with Gasteiger partial charge in [0.2, 0.25) is 11.8 Å². The average molecular weight is 308 g/mol. The summed E-state index contributed by atoms with van der Waals surface area (Å²) in [5.74, 6) is 0.00123. The topological polar surface area (TPSA) is 67.7 Å². The fourth-order valence-electron chi connectivity index (χ4n) is 2.89. The molecule has 22 heavy (non-hydrogen) atoms. The summed E-state index contributed by atoms with van der Waals surface area (Å²) >= 11 is 0. The first-order chi connectivity index (χ1) is 10.5. The van der Waals surface area contributed by atoms with Gasteiger partial charge in [0.15, 0.2) is 0 Å². The Bertz CT molecular complexity index is 505. The monoisotopic (exact) mass is 308 g/mol. The summed E-state index contributed by atoms with van der Waals surface area (Å²) < 4.78 is 6.91. The molecular formula is C15H24N4O3. The molecule has 0 bridgehead atoms. The summed E-state index contributed by atoms with van der Waals surface area (Å²) in [6.45, 7) is 3.56. The van der Waals surface area contributed by atoms with E-state index in [4.69, 9.17) is 4.74 Å². The van der Waals surface area contributed by atoms with Crippen LogP contribution >= 0.6 is 0 Å². The second-order valence-electron chi connectivity index (χ2n) is 5.70. The number of carbonyl (C=O) groups is 2. The Hall–Kier alpha value is -1.89. The molecule has 1 aromatic heterocycles. The van der Waals surface area contributed by atoms with Gasteiger partial charge >= 0.3 is 0 Å². The van der Waals surface area contributed by atoms with E-state index in [0.717, 1.165) is 0 Å². The summed E-state index contributed by atoms with van der Waals surface area (Å²) in [4.78, 5) is 28.1. The van der Waals surface area contributed by atoms with Gasteiger partial charge < -0.3 is 14.5 Å². The Balaban J connectivity index is 2.12. The van der Waals surface area contributed by atoms with Crippen molar-refractivity contribution in [2.75, 3.05) is 40.4 Å². The standard InChI is InChI=1S/C15H24N4O3/c1-4-22-12-13(20)18-10-6-15(7-11-18,14(21)17(2)3)19-9-5-8-16-19/h5,8-9H,4,6-7,10-12H2,1-3H3. The molecule has 1 fully saturated rings. The van der Waals surface area contributed by atoms with Crippen LogP contribution in [-0.2, 0) is 19.9 Å². The van der Waals surface area contributed by atoms with Crippen LogP contribution in [0.1, 0.15) is 19.8 Å². The van der Waals surface area contributed by atoms with Crippen LogP contribution in [0.4, 0.5) is 0 Å². The zero-order valence-corrected chi connectivity index (χ0v) is 13.5. The SMILES string of the molecule is CCOCC(=O)N1CCC(C(=O)N(C)C)(n2cccn2)CC1. The van der Waals surface area contributed by atoms with E-state index in [2.05, 4.69) is 5.10 Å². The smallest absolute Gasteiger partial charge is 0.250 e. The van der Waals surface area contributed by atoms with Crippen molar-refractivity contribution < 1.29 is 14.3 Å². The van der Waals surface area contributed by atoms with E-state index in [-0.39, 0.29) is 18.4 Å². The molecule has 1 aliphatic heterocycles. The molecule has 1 saturated heterocycles. The van der Waals surface area contributed by atoms with Crippen LogP contribution in [0.25, 0.3) is 0 Å². The van der Waals surface area contributed by atoms with Gasteiger partial charge in [-0.3, -0.25) is 14.3 Å². The molecule has 122 valence electrons. The predicted molar refractivity (Wildman–Crippen MR) is 81.2 cm³/mol. The minimum absolute atomic E-state index is 0.0202. The first-order valence-corrected chi connectivity index (χ1v) is 7.58. The third-order valence-electron chi connectivity index (χ3n) is 4.12. The Labute approximate surface area is 130 Å². The molecule has 1 aliphatic rings. The van der Waals surface area contributed by atoms with Gasteiger partial charge in [-0.2, -0.15) is 5.10 Å². The van der Waals surface area contributed by atoms with E-state index in [1.807, 2.05) is 19.2 Å². The summed E-state index contributed by atoms with van der Waals surface area (Å²) in [6, 6.07) is 1.82. The number of aromatic nitrogens is 2. The number of hydrogen-bond acceptors (Lipinski definition) is 4. The van der Waals surface area contributed by atoms with Crippen molar-refractivity contribution in [1.82, 2.24) is 19.6 Å². The second-order valence-corrected chi connectivity index (χ2v) is 5.70. The number of nitrogens with zero attached hydrogens (tertiary/aromatic N) is 4. The first kappa shape index (κ1) is 16.5. The van der Waals surface area contributed by atoms with Crippen molar-refractivity contribution in [2.24, 2.45) is 0 Å². The number of hydrogen-bond donors (Lipinski definition) is 0. The fourth-order valence-corrected chi connectivity index (χ4v) is 2.89. The van der Waals surface area contributed by atoms with Gasteiger partial charge in [-0.05, 0) is 25.8 Å². The maximum atomic E-state index is 12.7. The predicted octanol–water partition coefficient (Wildman–Crippen LogP) is 0.326. The van der Waals surface area contributed by atoms with Gasteiger partial charge in [0.05, 0.1) is 0 Å². The van der Waals surface area contributed by atoms with E-state index in [9.17, 15) is 9.59 Å². The lowest BCUT2D eigenvalue weighted by Gasteiger charge is -2.41. The second kappa shape index (κ2) is 6.91. The van der Waals surface area contributed by atoms with Crippen molar-refractivity contribution >= 4 is 11.8 Å². The number of likely N-dealkylation sites (tertiary alicyclic amines) is 1. The van der Waals surface area contributed by atoms with Crippen LogP contribution in [0.2, 0.25) is 0 Å². The van der Waals surface area contributed by atoms with Crippen LogP contribution in [0, 0.1) is 0 Å². The molecule has 0 aliphatic carbocycles. The number of likely N-dealkylation sites (N-methyl/N-ethyl adjacent to an activating group) is 1.